The Balaban J connectivity index is 1.25. The van der Waals surface area contributed by atoms with Gasteiger partial charge in [0.25, 0.3) is 5.91 Å². The molecule has 2 fully saturated rings. The van der Waals surface area contributed by atoms with Crippen molar-refractivity contribution in [3.8, 4) is 11.3 Å². The van der Waals surface area contributed by atoms with Crippen LogP contribution in [0.15, 0.2) is 48.5 Å². The second-order valence-electron chi connectivity index (χ2n) is 7.62. The number of benzene rings is 2. The van der Waals surface area contributed by atoms with Crippen molar-refractivity contribution >= 4 is 16.8 Å². The fourth-order valence-corrected chi connectivity index (χ4v) is 4.03. The summed E-state index contributed by atoms with van der Waals surface area (Å²) >= 11 is 0. The average Bonchev–Trinajstić information content (AvgIpc) is 3.16. The molecule has 2 N–H and O–H groups in total. The lowest BCUT2D eigenvalue weighted by molar-refractivity contribution is -0.159. The van der Waals surface area contributed by atoms with Crippen LogP contribution < -0.4 is 0 Å². The smallest absolute Gasteiger partial charge is 0.251 e. The van der Waals surface area contributed by atoms with Crippen LogP contribution in [-0.2, 0) is 9.53 Å². The van der Waals surface area contributed by atoms with E-state index in [2.05, 4.69) is 10.2 Å². The number of rotatable bonds is 4. The van der Waals surface area contributed by atoms with Crippen molar-refractivity contribution in [2.75, 3.05) is 32.8 Å². The number of nitrogens with one attached hydrogen (secondary N) is 1. The van der Waals surface area contributed by atoms with Crippen LogP contribution in [0.3, 0.4) is 0 Å². The van der Waals surface area contributed by atoms with Crippen molar-refractivity contribution in [3.63, 3.8) is 0 Å². The van der Waals surface area contributed by atoms with Crippen molar-refractivity contribution in [1.82, 2.24) is 20.0 Å². The number of aliphatic hydroxyl groups is 1. The number of hydrogen-bond acceptors (Lipinski definition) is 5. The molecule has 7 heteroatoms. The van der Waals surface area contributed by atoms with E-state index in [1.165, 1.54) is 0 Å². The number of carbonyl (C=O) groups is 1. The molecule has 2 aliphatic rings. The summed E-state index contributed by atoms with van der Waals surface area (Å²) in [6, 6.07) is 15.9. The normalized spacial score (nSPS) is 21.1. The van der Waals surface area contributed by atoms with Crippen LogP contribution in [0, 0.1) is 0 Å². The van der Waals surface area contributed by atoms with Crippen molar-refractivity contribution < 1.29 is 14.6 Å². The Bertz CT molecular complexity index is 1000. The van der Waals surface area contributed by atoms with Gasteiger partial charge in [-0.25, -0.2) is 0 Å². The largest absolute Gasteiger partial charge is 0.374 e. The molecule has 2 unspecified atom stereocenters. The molecule has 29 heavy (non-hydrogen) atoms. The maximum Gasteiger partial charge on any atom is 0.251 e. The first kappa shape index (κ1) is 18.3. The molecule has 2 atom stereocenters. The molecule has 2 aliphatic heterocycles. The molecule has 2 aromatic carbocycles. The zero-order valence-corrected chi connectivity index (χ0v) is 16.1. The van der Waals surface area contributed by atoms with E-state index in [4.69, 9.17) is 4.74 Å². The number of hydrogen-bond donors (Lipinski definition) is 2. The Morgan fingerprint density at radius 2 is 1.83 bits per heavy atom. The minimum absolute atomic E-state index is 0.0847. The molecule has 2 saturated heterocycles. The van der Waals surface area contributed by atoms with Crippen molar-refractivity contribution in [1.29, 1.82) is 0 Å². The van der Waals surface area contributed by atoms with Crippen LogP contribution in [0.1, 0.15) is 18.2 Å². The number of aliphatic hydroxyl groups excluding tert-OH is 1. The monoisotopic (exact) mass is 392 g/mol. The van der Waals surface area contributed by atoms with E-state index < -0.39 is 6.23 Å². The Hall–Kier alpha value is -2.74. The quantitative estimate of drug-likeness (QED) is 0.711. The van der Waals surface area contributed by atoms with Crippen LogP contribution in [0.5, 0.6) is 0 Å². The van der Waals surface area contributed by atoms with Crippen LogP contribution >= 0.6 is 0 Å². The molecule has 5 rings (SSSR count). The highest BCUT2D eigenvalue weighted by molar-refractivity contribution is 5.92. The number of fused-ring (bicyclic) bond motifs is 1. The molecular weight excluding hydrogens is 368 g/mol. The number of nitrogens with zero attached hydrogens (tertiary/aromatic N) is 3. The topological polar surface area (TPSA) is 81.7 Å². The first-order chi connectivity index (χ1) is 14.2. The van der Waals surface area contributed by atoms with Gasteiger partial charge in [-0.1, -0.05) is 42.5 Å². The van der Waals surface area contributed by atoms with E-state index in [1.54, 1.807) is 0 Å². The highest BCUT2D eigenvalue weighted by atomic mass is 16.5. The number of aromatic amines is 1. The fraction of sp³-hybridized carbons (Fsp3) is 0.364. The predicted molar refractivity (Wildman–Crippen MR) is 109 cm³/mol. The number of H-pyrrole nitrogens is 1. The molecule has 0 radical (unpaired) electrons. The predicted octanol–water partition coefficient (Wildman–Crippen LogP) is 2.15. The summed E-state index contributed by atoms with van der Waals surface area (Å²) in [7, 11) is 0. The minimum atomic E-state index is -0.681. The molecule has 3 aromatic rings. The summed E-state index contributed by atoms with van der Waals surface area (Å²) < 4.78 is 5.30. The summed E-state index contributed by atoms with van der Waals surface area (Å²) in [6.45, 7) is 3.21. The maximum absolute atomic E-state index is 12.3. The van der Waals surface area contributed by atoms with Gasteiger partial charge in [0.05, 0.1) is 17.8 Å². The number of carbonyl (C=O) groups excluding carboxylic acids is 1. The van der Waals surface area contributed by atoms with Crippen LogP contribution in [0.25, 0.3) is 22.2 Å². The van der Waals surface area contributed by atoms with E-state index in [-0.39, 0.29) is 12.0 Å². The molecule has 0 spiro atoms. The molecule has 150 valence electrons. The second-order valence-corrected chi connectivity index (χ2v) is 7.62. The van der Waals surface area contributed by atoms with Gasteiger partial charge < -0.3 is 14.7 Å². The first-order valence-corrected chi connectivity index (χ1v) is 10.1. The van der Waals surface area contributed by atoms with Gasteiger partial charge in [0, 0.05) is 43.5 Å². The maximum atomic E-state index is 12.3. The van der Waals surface area contributed by atoms with Crippen LogP contribution in [0.4, 0.5) is 0 Å². The third-order valence-corrected chi connectivity index (χ3v) is 5.91. The number of piperazine rings is 1. The number of para-hydroxylation sites is 1. The number of aromatic nitrogens is 2. The Morgan fingerprint density at radius 1 is 1.10 bits per heavy atom. The summed E-state index contributed by atoms with van der Waals surface area (Å²) in [4.78, 5) is 16.1. The molecule has 1 amide bonds. The van der Waals surface area contributed by atoms with Gasteiger partial charge in [-0.3, -0.25) is 14.8 Å². The minimum Gasteiger partial charge on any atom is -0.374 e. The van der Waals surface area contributed by atoms with Crippen LogP contribution in [0.2, 0.25) is 0 Å². The van der Waals surface area contributed by atoms with Crippen LogP contribution in [-0.4, -0.2) is 69.9 Å². The van der Waals surface area contributed by atoms with Crippen molar-refractivity contribution in [2.24, 2.45) is 0 Å². The Kier molecular flexibility index (Phi) is 4.79. The molecule has 0 saturated carbocycles. The Morgan fingerprint density at radius 3 is 2.52 bits per heavy atom. The van der Waals surface area contributed by atoms with Gasteiger partial charge in [0.1, 0.15) is 12.3 Å². The first-order valence-electron chi connectivity index (χ1n) is 10.1. The van der Waals surface area contributed by atoms with Gasteiger partial charge in [-0.05, 0) is 11.6 Å². The average molecular weight is 392 g/mol. The highest BCUT2D eigenvalue weighted by Crippen LogP contribution is 2.28. The van der Waals surface area contributed by atoms with Gasteiger partial charge in [-0.2, -0.15) is 5.10 Å². The summed E-state index contributed by atoms with van der Waals surface area (Å²) in [5.74, 6) is 0.0847. The van der Waals surface area contributed by atoms with E-state index in [0.29, 0.717) is 32.8 Å². The van der Waals surface area contributed by atoms with Gasteiger partial charge in [0.15, 0.2) is 0 Å². The van der Waals surface area contributed by atoms with E-state index in [1.807, 2.05) is 58.3 Å². The standard InChI is InChI=1S/C22H24N4O3/c27-21(25-10-12-26(13-11-25)22(28)19-9-14-29-19)16-7-5-15(6-8-16)20-17-3-1-2-4-18(17)23-24-20/h1-8,19,21,27H,9-14H2,(H,23,24). The number of ether oxygens (including phenoxy) is 1. The molecule has 3 heterocycles. The third kappa shape index (κ3) is 3.42. The van der Waals surface area contributed by atoms with E-state index in [0.717, 1.165) is 34.1 Å². The lowest BCUT2D eigenvalue weighted by atomic mass is 10.0. The zero-order valence-electron chi connectivity index (χ0n) is 16.1. The SMILES string of the molecule is O=C(C1CCO1)N1CCN(C(O)c2ccc(-c3[nH]nc4ccccc34)cc2)CC1. The highest BCUT2D eigenvalue weighted by Gasteiger charge is 2.33. The van der Waals surface area contributed by atoms with E-state index >= 15 is 0 Å². The van der Waals surface area contributed by atoms with Crippen molar-refractivity contribution in [3.05, 3.63) is 54.1 Å². The lowest BCUT2D eigenvalue weighted by Gasteiger charge is -2.39. The van der Waals surface area contributed by atoms with Crippen molar-refractivity contribution in [2.45, 2.75) is 18.8 Å². The van der Waals surface area contributed by atoms with Gasteiger partial charge in [-0.15, -0.1) is 0 Å². The summed E-state index contributed by atoms with van der Waals surface area (Å²) in [6.07, 6.45) is -0.114. The molecule has 7 nitrogen and oxygen atoms in total. The second kappa shape index (κ2) is 7.59. The third-order valence-electron chi connectivity index (χ3n) is 5.91. The Labute approximate surface area is 168 Å². The molecule has 1 aromatic heterocycles. The zero-order chi connectivity index (χ0) is 19.8. The molecular formula is C22H24N4O3. The summed E-state index contributed by atoms with van der Waals surface area (Å²) in [5, 5.41) is 19.3. The number of amides is 1. The summed E-state index contributed by atoms with van der Waals surface area (Å²) in [5.41, 5.74) is 3.79. The fourth-order valence-electron chi connectivity index (χ4n) is 4.03. The molecule has 0 aliphatic carbocycles. The van der Waals surface area contributed by atoms with Gasteiger partial charge in [0.2, 0.25) is 0 Å². The molecule has 0 bridgehead atoms. The lowest BCUT2D eigenvalue weighted by Crippen LogP contribution is -2.54. The van der Waals surface area contributed by atoms with E-state index in [9.17, 15) is 9.90 Å². The van der Waals surface area contributed by atoms with Gasteiger partial charge >= 0.3 is 0 Å².